The number of hydrogen-bond donors (Lipinski definition) is 1. The van der Waals surface area contributed by atoms with Gasteiger partial charge in [0.2, 0.25) is 0 Å². The van der Waals surface area contributed by atoms with Gasteiger partial charge in [-0.2, -0.15) is 0 Å². The van der Waals surface area contributed by atoms with Gasteiger partial charge in [-0.25, -0.2) is 0 Å². The van der Waals surface area contributed by atoms with Crippen LogP contribution in [-0.4, -0.2) is 28.6 Å². The SMILES string of the molecule is C=C[C@@]1(C)CC[C@@H]2[C@@]3(C)CCC(=O)C(C)(C)[C@H]3C[C@H](OC(C)=O)[C@@]2(O)C1. The maximum Gasteiger partial charge on any atom is 0.303 e. The average Bonchev–Trinajstić information content (AvgIpc) is 2.53. The summed E-state index contributed by atoms with van der Waals surface area (Å²) in [6.07, 6.45) is 5.70. The molecule has 3 aliphatic rings. The predicted molar refractivity (Wildman–Crippen MR) is 100 cm³/mol. The van der Waals surface area contributed by atoms with Crippen molar-refractivity contribution in [1.29, 1.82) is 0 Å². The van der Waals surface area contributed by atoms with Crippen molar-refractivity contribution in [3.05, 3.63) is 12.7 Å². The highest BCUT2D eigenvalue weighted by molar-refractivity contribution is 5.85. The van der Waals surface area contributed by atoms with E-state index in [1.807, 2.05) is 19.9 Å². The van der Waals surface area contributed by atoms with Crippen LogP contribution >= 0.6 is 0 Å². The fourth-order valence-electron chi connectivity index (χ4n) is 6.64. The molecule has 1 N–H and O–H groups in total. The molecule has 0 spiro atoms. The van der Waals surface area contributed by atoms with Crippen molar-refractivity contribution in [3.63, 3.8) is 0 Å². The van der Waals surface area contributed by atoms with Crippen LogP contribution in [0.15, 0.2) is 12.7 Å². The maximum absolute atomic E-state index is 12.6. The molecule has 4 heteroatoms. The van der Waals surface area contributed by atoms with Gasteiger partial charge >= 0.3 is 5.97 Å². The predicted octanol–water partition coefficient (Wildman–Crippen LogP) is 4.06. The fraction of sp³-hybridized carbons (Fsp3) is 0.818. The molecule has 26 heavy (non-hydrogen) atoms. The van der Waals surface area contributed by atoms with Crippen LogP contribution in [0, 0.1) is 28.1 Å². The second-order valence-electron chi connectivity index (χ2n) is 10.2. The monoisotopic (exact) mass is 362 g/mol. The van der Waals surface area contributed by atoms with Crippen molar-refractivity contribution in [2.75, 3.05) is 0 Å². The number of aliphatic hydroxyl groups is 1. The van der Waals surface area contributed by atoms with Gasteiger partial charge in [0.1, 0.15) is 17.5 Å². The number of ketones is 1. The number of allylic oxidation sites excluding steroid dienone is 1. The Morgan fingerprint density at radius 3 is 2.46 bits per heavy atom. The number of fused-ring (bicyclic) bond motifs is 3. The molecule has 3 fully saturated rings. The van der Waals surface area contributed by atoms with Crippen molar-refractivity contribution in [1.82, 2.24) is 0 Å². The Morgan fingerprint density at radius 1 is 1.23 bits per heavy atom. The number of Topliss-reactive ketones (excluding diaryl/α,β-unsaturated/α-hetero) is 1. The van der Waals surface area contributed by atoms with Crippen molar-refractivity contribution >= 4 is 11.8 Å². The third kappa shape index (κ3) is 2.67. The van der Waals surface area contributed by atoms with Gasteiger partial charge in [0.05, 0.1) is 0 Å². The minimum absolute atomic E-state index is 0.0264. The van der Waals surface area contributed by atoms with E-state index in [0.717, 1.165) is 19.3 Å². The van der Waals surface area contributed by atoms with Crippen LogP contribution < -0.4 is 0 Å². The summed E-state index contributed by atoms with van der Waals surface area (Å²) < 4.78 is 5.69. The quantitative estimate of drug-likeness (QED) is 0.594. The van der Waals surface area contributed by atoms with Gasteiger partial charge in [-0.1, -0.05) is 33.8 Å². The lowest BCUT2D eigenvalue weighted by Crippen LogP contribution is -2.68. The summed E-state index contributed by atoms with van der Waals surface area (Å²) in [5, 5.41) is 11.9. The first-order chi connectivity index (χ1) is 11.9. The van der Waals surface area contributed by atoms with Gasteiger partial charge in [-0.15, -0.1) is 6.58 Å². The molecule has 0 aromatic carbocycles. The van der Waals surface area contributed by atoms with Gasteiger partial charge in [0.25, 0.3) is 0 Å². The number of carbonyl (C=O) groups is 2. The summed E-state index contributed by atoms with van der Waals surface area (Å²) in [6.45, 7) is 13.8. The molecule has 3 aliphatic carbocycles. The highest BCUT2D eigenvalue weighted by Gasteiger charge is 2.67. The van der Waals surface area contributed by atoms with Crippen LogP contribution in [0.4, 0.5) is 0 Å². The molecule has 0 amide bonds. The molecule has 0 heterocycles. The first kappa shape index (κ1) is 19.6. The van der Waals surface area contributed by atoms with E-state index in [-0.39, 0.29) is 28.6 Å². The molecule has 0 aliphatic heterocycles. The Labute approximate surface area is 157 Å². The van der Waals surface area contributed by atoms with Crippen LogP contribution in [-0.2, 0) is 14.3 Å². The van der Waals surface area contributed by atoms with Crippen molar-refractivity contribution in [2.24, 2.45) is 28.1 Å². The van der Waals surface area contributed by atoms with E-state index >= 15 is 0 Å². The van der Waals surface area contributed by atoms with Crippen molar-refractivity contribution < 1.29 is 19.4 Å². The molecule has 3 rings (SSSR count). The average molecular weight is 363 g/mol. The zero-order valence-electron chi connectivity index (χ0n) is 16.9. The molecule has 0 radical (unpaired) electrons. The third-order valence-corrected chi connectivity index (χ3v) is 8.18. The topological polar surface area (TPSA) is 63.6 Å². The summed E-state index contributed by atoms with van der Waals surface area (Å²) in [4.78, 5) is 24.5. The van der Waals surface area contributed by atoms with E-state index in [9.17, 15) is 14.7 Å². The Balaban J connectivity index is 2.08. The van der Waals surface area contributed by atoms with E-state index in [2.05, 4.69) is 20.4 Å². The minimum atomic E-state index is -1.06. The van der Waals surface area contributed by atoms with Crippen LogP contribution in [0.3, 0.4) is 0 Å². The van der Waals surface area contributed by atoms with Crippen molar-refractivity contribution in [3.8, 4) is 0 Å². The van der Waals surface area contributed by atoms with Gasteiger partial charge in [-0.05, 0) is 54.8 Å². The Morgan fingerprint density at radius 2 is 1.88 bits per heavy atom. The zero-order chi connectivity index (χ0) is 19.5. The van der Waals surface area contributed by atoms with Crippen molar-refractivity contribution in [2.45, 2.75) is 84.8 Å². The number of rotatable bonds is 2. The molecule has 0 aromatic heterocycles. The van der Waals surface area contributed by atoms with Gasteiger partial charge in [0.15, 0.2) is 0 Å². The maximum atomic E-state index is 12.6. The van der Waals surface area contributed by atoms with Gasteiger partial charge in [0, 0.05) is 18.8 Å². The smallest absolute Gasteiger partial charge is 0.303 e. The molecule has 146 valence electrons. The third-order valence-electron chi connectivity index (χ3n) is 8.18. The largest absolute Gasteiger partial charge is 0.459 e. The Bertz CT molecular complexity index is 638. The second-order valence-corrected chi connectivity index (χ2v) is 10.2. The Kier molecular flexibility index (Phi) is 4.46. The molecule has 6 atom stereocenters. The summed E-state index contributed by atoms with van der Waals surface area (Å²) in [5.74, 6) is 0.0628. The lowest BCUT2D eigenvalue weighted by molar-refractivity contribution is -0.253. The lowest BCUT2D eigenvalue weighted by Gasteiger charge is -2.65. The lowest BCUT2D eigenvalue weighted by atomic mass is 9.41. The van der Waals surface area contributed by atoms with E-state index in [1.165, 1.54) is 6.92 Å². The van der Waals surface area contributed by atoms with Gasteiger partial charge < -0.3 is 9.84 Å². The molecule has 0 unspecified atom stereocenters. The van der Waals surface area contributed by atoms with Gasteiger partial charge in [-0.3, -0.25) is 9.59 Å². The summed E-state index contributed by atoms with van der Waals surface area (Å²) in [5.41, 5.74) is -1.79. The summed E-state index contributed by atoms with van der Waals surface area (Å²) in [6, 6.07) is 0. The first-order valence-corrected chi connectivity index (χ1v) is 9.95. The standard InChI is InChI=1S/C22H34O4/c1-7-20(5)10-8-15-21(6)11-9-17(24)19(3,4)16(21)12-18(26-14(2)23)22(15,25)13-20/h7,15-16,18,25H,1,8-13H2,2-6H3/t15-,16-,18+,20+,21-,22-/m1/s1. The normalized spacial score (nSPS) is 47.5. The van der Waals surface area contributed by atoms with E-state index < -0.39 is 17.1 Å². The molecule has 4 nitrogen and oxygen atoms in total. The molecular formula is C22H34O4. The number of hydrogen-bond acceptors (Lipinski definition) is 4. The highest BCUT2D eigenvalue weighted by atomic mass is 16.6. The number of carbonyl (C=O) groups excluding carboxylic acids is 2. The van der Waals surface area contributed by atoms with Crippen LogP contribution in [0.25, 0.3) is 0 Å². The van der Waals surface area contributed by atoms with Crippen LogP contribution in [0.5, 0.6) is 0 Å². The fourth-order valence-corrected chi connectivity index (χ4v) is 6.64. The number of esters is 1. The van der Waals surface area contributed by atoms with Crippen LogP contribution in [0.1, 0.15) is 73.1 Å². The molecular weight excluding hydrogens is 328 g/mol. The Hall–Kier alpha value is -1.16. The first-order valence-electron chi connectivity index (χ1n) is 9.95. The second kappa shape index (κ2) is 5.92. The van der Waals surface area contributed by atoms with Crippen LogP contribution in [0.2, 0.25) is 0 Å². The van der Waals surface area contributed by atoms with E-state index in [1.54, 1.807) is 0 Å². The van der Waals surface area contributed by atoms with E-state index in [4.69, 9.17) is 4.74 Å². The molecule has 0 bridgehead atoms. The molecule has 3 saturated carbocycles. The highest BCUT2D eigenvalue weighted by Crippen LogP contribution is 2.66. The minimum Gasteiger partial charge on any atom is -0.459 e. The zero-order valence-corrected chi connectivity index (χ0v) is 16.9. The summed E-state index contributed by atoms with van der Waals surface area (Å²) in [7, 11) is 0. The summed E-state index contributed by atoms with van der Waals surface area (Å²) >= 11 is 0. The molecule has 0 saturated heterocycles. The number of ether oxygens (including phenoxy) is 1. The molecule has 0 aromatic rings. The van der Waals surface area contributed by atoms with E-state index in [0.29, 0.717) is 25.0 Å².